The Morgan fingerprint density at radius 1 is 1.35 bits per heavy atom. The van der Waals surface area contributed by atoms with E-state index in [9.17, 15) is 0 Å². The molecule has 1 aromatic heterocycles. The fourth-order valence-corrected chi connectivity index (χ4v) is 2.43. The number of ether oxygens (including phenoxy) is 3. The second-order valence-corrected chi connectivity index (χ2v) is 5.04. The number of imidazole rings is 1. The van der Waals surface area contributed by atoms with E-state index >= 15 is 0 Å². The van der Waals surface area contributed by atoms with Crippen LogP contribution in [0.1, 0.15) is 12.2 Å². The van der Waals surface area contributed by atoms with Gasteiger partial charge in [-0.05, 0) is 6.42 Å². The van der Waals surface area contributed by atoms with E-state index in [1.807, 2.05) is 12.4 Å². The van der Waals surface area contributed by atoms with E-state index in [0.29, 0.717) is 6.61 Å². The molecule has 0 aliphatic carbocycles. The zero-order valence-electron chi connectivity index (χ0n) is 12.5. The summed E-state index contributed by atoms with van der Waals surface area (Å²) in [4.78, 5) is 6.85. The summed E-state index contributed by atoms with van der Waals surface area (Å²) in [7, 11) is 3.45. The molecule has 0 amide bonds. The Balaban J connectivity index is 1.84. The van der Waals surface area contributed by atoms with E-state index < -0.39 is 0 Å². The zero-order valence-corrected chi connectivity index (χ0v) is 12.5. The van der Waals surface area contributed by atoms with Crippen LogP contribution in [0.25, 0.3) is 0 Å². The van der Waals surface area contributed by atoms with Gasteiger partial charge in [0, 0.05) is 52.9 Å². The average molecular weight is 283 g/mol. The summed E-state index contributed by atoms with van der Waals surface area (Å²) < 4.78 is 18.2. The molecule has 0 bridgehead atoms. The molecule has 0 radical (unpaired) electrons. The van der Waals surface area contributed by atoms with Crippen molar-refractivity contribution in [3.05, 3.63) is 18.2 Å². The predicted octanol–water partition coefficient (Wildman–Crippen LogP) is 0.767. The Kier molecular flexibility index (Phi) is 6.46. The number of methoxy groups -OCH3 is 2. The highest BCUT2D eigenvalue weighted by Gasteiger charge is 2.21. The minimum absolute atomic E-state index is 0.270. The third-order valence-electron chi connectivity index (χ3n) is 3.57. The van der Waals surface area contributed by atoms with Gasteiger partial charge in [-0.1, -0.05) is 0 Å². The summed E-state index contributed by atoms with van der Waals surface area (Å²) in [5.74, 6) is 1.09. The third kappa shape index (κ3) is 4.56. The van der Waals surface area contributed by atoms with Crippen molar-refractivity contribution in [3.63, 3.8) is 0 Å². The van der Waals surface area contributed by atoms with Crippen LogP contribution in [0.2, 0.25) is 0 Å². The second kappa shape index (κ2) is 8.36. The smallest absolute Gasteiger partial charge is 0.122 e. The number of morpholine rings is 1. The minimum atomic E-state index is 0.270. The third-order valence-corrected chi connectivity index (χ3v) is 3.57. The number of hydrogen-bond donors (Lipinski definition) is 0. The highest BCUT2D eigenvalue weighted by molar-refractivity contribution is 4.93. The molecule has 1 aromatic rings. The predicted molar refractivity (Wildman–Crippen MR) is 75.6 cm³/mol. The molecule has 6 heteroatoms. The van der Waals surface area contributed by atoms with Crippen molar-refractivity contribution in [2.45, 2.75) is 25.6 Å². The first-order valence-corrected chi connectivity index (χ1v) is 7.15. The quantitative estimate of drug-likeness (QED) is 0.705. The molecule has 2 rings (SSSR count). The molecule has 0 N–H and O–H groups in total. The summed E-state index contributed by atoms with van der Waals surface area (Å²) in [6.45, 7) is 5.87. The molecule has 0 unspecified atom stereocenters. The van der Waals surface area contributed by atoms with Crippen molar-refractivity contribution in [1.29, 1.82) is 0 Å². The van der Waals surface area contributed by atoms with Crippen LogP contribution in [0.5, 0.6) is 0 Å². The van der Waals surface area contributed by atoms with Crippen LogP contribution in [0.15, 0.2) is 12.4 Å². The van der Waals surface area contributed by atoms with Crippen molar-refractivity contribution < 1.29 is 14.2 Å². The maximum Gasteiger partial charge on any atom is 0.122 e. The van der Waals surface area contributed by atoms with Gasteiger partial charge in [-0.3, -0.25) is 4.90 Å². The van der Waals surface area contributed by atoms with Crippen molar-refractivity contribution in [1.82, 2.24) is 14.5 Å². The molecule has 1 fully saturated rings. The van der Waals surface area contributed by atoms with E-state index in [1.165, 1.54) is 0 Å². The number of hydrogen-bond acceptors (Lipinski definition) is 5. The SMILES string of the molecule is COCC[C@@H]1CN(Cc2nccn2CCOC)CCO1. The summed E-state index contributed by atoms with van der Waals surface area (Å²) in [6.07, 6.45) is 5.09. The summed E-state index contributed by atoms with van der Waals surface area (Å²) in [5, 5.41) is 0. The molecule has 1 aliphatic rings. The maximum atomic E-state index is 5.76. The Bertz CT molecular complexity index is 383. The Labute approximate surface area is 120 Å². The van der Waals surface area contributed by atoms with E-state index in [0.717, 1.165) is 51.6 Å². The lowest BCUT2D eigenvalue weighted by atomic mass is 10.2. The van der Waals surface area contributed by atoms with Crippen LogP contribution in [0.3, 0.4) is 0 Å². The summed E-state index contributed by atoms with van der Waals surface area (Å²) in [6, 6.07) is 0. The molecule has 114 valence electrons. The molecule has 20 heavy (non-hydrogen) atoms. The monoisotopic (exact) mass is 283 g/mol. The first-order valence-electron chi connectivity index (χ1n) is 7.15. The standard InChI is InChI=1S/C14H25N3O3/c1-18-8-3-13-11-16(6-10-20-13)12-14-15-4-5-17(14)7-9-19-2/h4-5,13H,3,6-12H2,1-2H3/t13-/m1/s1. The van der Waals surface area contributed by atoms with Crippen molar-refractivity contribution in [2.75, 3.05) is 47.1 Å². The highest BCUT2D eigenvalue weighted by Crippen LogP contribution is 2.12. The zero-order chi connectivity index (χ0) is 14.2. The van der Waals surface area contributed by atoms with E-state index in [1.54, 1.807) is 14.2 Å². The highest BCUT2D eigenvalue weighted by atomic mass is 16.5. The Morgan fingerprint density at radius 2 is 2.20 bits per heavy atom. The summed E-state index contributed by atoms with van der Waals surface area (Å²) in [5.41, 5.74) is 0. The molecule has 2 heterocycles. The van der Waals surface area contributed by atoms with Crippen molar-refractivity contribution in [3.8, 4) is 0 Å². The lowest BCUT2D eigenvalue weighted by molar-refractivity contribution is -0.0441. The van der Waals surface area contributed by atoms with Gasteiger partial charge in [-0.2, -0.15) is 0 Å². The fraction of sp³-hybridized carbons (Fsp3) is 0.786. The lowest BCUT2D eigenvalue weighted by Gasteiger charge is -2.32. The maximum absolute atomic E-state index is 5.76. The first-order chi connectivity index (χ1) is 9.83. The molecule has 0 spiro atoms. The number of aromatic nitrogens is 2. The van der Waals surface area contributed by atoms with Gasteiger partial charge in [0.15, 0.2) is 0 Å². The van der Waals surface area contributed by atoms with Crippen LogP contribution < -0.4 is 0 Å². The van der Waals surface area contributed by atoms with Gasteiger partial charge in [0.2, 0.25) is 0 Å². The molecular formula is C14H25N3O3. The van der Waals surface area contributed by atoms with Gasteiger partial charge in [-0.15, -0.1) is 0 Å². The minimum Gasteiger partial charge on any atom is -0.385 e. The van der Waals surface area contributed by atoms with Gasteiger partial charge < -0.3 is 18.8 Å². The Morgan fingerprint density at radius 3 is 3.00 bits per heavy atom. The second-order valence-electron chi connectivity index (χ2n) is 5.04. The number of nitrogens with zero attached hydrogens (tertiary/aromatic N) is 3. The van der Waals surface area contributed by atoms with Crippen molar-refractivity contribution in [2.24, 2.45) is 0 Å². The van der Waals surface area contributed by atoms with Gasteiger partial charge >= 0.3 is 0 Å². The molecular weight excluding hydrogens is 258 g/mol. The molecule has 1 atom stereocenters. The van der Waals surface area contributed by atoms with Crippen molar-refractivity contribution >= 4 is 0 Å². The van der Waals surface area contributed by atoms with Crippen LogP contribution in [0.4, 0.5) is 0 Å². The molecule has 1 aliphatic heterocycles. The topological polar surface area (TPSA) is 48.8 Å². The van der Waals surface area contributed by atoms with E-state index in [-0.39, 0.29) is 6.10 Å². The normalized spacial score (nSPS) is 20.4. The Hall–Kier alpha value is -0.950. The van der Waals surface area contributed by atoms with Crippen LogP contribution in [-0.2, 0) is 27.3 Å². The first kappa shape index (κ1) is 15.4. The summed E-state index contributed by atoms with van der Waals surface area (Å²) >= 11 is 0. The molecule has 0 saturated carbocycles. The average Bonchev–Trinajstić information content (AvgIpc) is 2.90. The van der Waals surface area contributed by atoms with Gasteiger partial charge in [-0.25, -0.2) is 4.98 Å². The lowest BCUT2D eigenvalue weighted by Crippen LogP contribution is -2.42. The largest absolute Gasteiger partial charge is 0.385 e. The van der Waals surface area contributed by atoms with Gasteiger partial charge in [0.1, 0.15) is 5.82 Å². The van der Waals surface area contributed by atoms with Crippen LogP contribution in [0, 0.1) is 0 Å². The van der Waals surface area contributed by atoms with Crippen LogP contribution in [-0.4, -0.2) is 67.7 Å². The van der Waals surface area contributed by atoms with E-state index in [2.05, 4.69) is 14.5 Å². The van der Waals surface area contributed by atoms with Gasteiger partial charge in [0.05, 0.1) is 25.9 Å². The van der Waals surface area contributed by atoms with E-state index in [4.69, 9.17) is 14.2 Å². The number of rotatable bonds is 8. The molecule has 6 nitrogen and oxygen atoms in total. The van der Waals surface area contributed by atoms with Gasteiger partial charge in [0.25, 0.3) is 0 Å². The molecule has 1 saturated heterocycles. The van der Waals surface area contributed by atoms with Crippen LogP contribution >= 0.6 is 0 Å². The fourth-order valence-electron chi connectivity index (χ4n) is 2.43. The molecule has 0 aromatic carbocycles.